The molecule has 6 heteroatoms. The van der Waals surface area contributed by atoms with Gasteiger partial charge in [0.2, 0.25) is 0 Å². The predicted octanol–water partition coefficient (Wildman–Crippen LogP) is 1.00. The molecule has 0 aliphatic carbocycles. The second kappa shape index (κ2) is 3.56. The van der Waals surface area contributed by atoms with Crippen molar-refractivity contribution >= 4 is 5.97 Å². The van der Waals surface area contributed by atoms with Crippen LogP contribution in [0.25, 0.3) is 11.3 Å². The lowest BCUT2D eigenvalue weighted by Gasteiger charge is -1.88. The number of carbonyl (C=O) groups is 1. The number of aryl methyl sites for hydroxylation is 1. The number of aromatic nitrogens is 3. The lowest BCUT2D eigenvalue weighted by Crippen LogP contribution is -1.99. The van der Waals surface area contributed by atoms with E-state index in [0.717, 1.165) is 11.3 Å². The summed E-state index contributed by atoms with van der Waals surface area (Å²) in [4.78, 5) is 10.5. The zero-order valence-corrected chi connectivity index (χ0v) is 8.02. The lowest BCUT2D eigenvalue weighted by molar-refractivity contribution is -0.136. The number of nitrogens with one attached hydrogen (secondary N) is 1. The molecule has 78 valence electrons. The Kier molecular flexibility index (Phi) is 2.24. The van der Waals surface area contributed by atoms with Crippen molar-refractivity contribution in [3.8, 4) is 11.3 Å². The molecule has 2 N–H and O–H groups in total. The summed E-state index contributed by atoms with van der Waals surface area (Å²) in [5, 5.41) is 18.9. The fourth-order valence-electron chi connectivity index (χ4n) is 1.29. The van der Waals surface area contributed by atoms with Crippen molar-refractivity contribution in [2.75, 3.05) is 0 Å². The fourth-order valence-corrected chi connectivity index (χ4v) is 1.29. The van der Waals surface area contributed by atoms with Gasteiger partial charge in [0, 0.05) is 5.69 Å². The summed E-state index contributed by atoms with van der Waals surface area (Å²) in [5.41, 5.74) is 2.69. The molecule has 0 amide bonds. The van der Waals surface area contributed by atoms with Gasteiger partial charge in [-0.3, -0.25) is 9.89 Å². The number of nitrogens with zero attached hydrogens (tertiary/aromatic N) is 2. The van der Waals surface area contributed by atoms with Gasteiger partial charge in [0.15, 0.2) is 0 Å². The third-order valence-electron chi connectivity index (χ3n) is 2.00. The van der Waals surface area contributed by atoms with Gasteiger partial charge in [0.25, 0.3) is 0 Å². The van der Waals surface area contributed by atoms with E-state index in [0.29, 0.717) is 11.4 Å². The van der Waals surface area contributed by atoms with E-state index < -0.39 is 5.97 Å². The van der Waals surface area contributed by atoms with Crippen molar-refractivity contribution in [1.29, 1.82) is 0 Å². The SMILES string of the molecule is Cc1nocc1-c1cc(CC(=O)O)[nH]n1. The summed E-state index contributed by atoms with van der Waals surface area (Å²) in [6, 6.07) is 1.67. The minimum atomic E-state index is -0.896. The molecule has 2 heterocycles. The van der Waals surface area contributed by atoms with Crippen molar-refractivity contribution in [3.63, 3.8) is 0 Å². The molecule has 6 nitrogen and oxygen atoms in total. The number of carboxylic acid groups (broad SMARTS) is 1. The van der Waals surface area contributed by atoms with E-state index in [1.807, 2.05) is 0 Å². The highest BCUT2D eigenvalue weighted by molar-refractivity contribution is 5.70. The second-order valence-corrected chi connectivity index (χ2v) is 3.16. The lowest BCUT2D eigenvalue weighted by atomic mass is 10.2. The van der Waals surface area contributed by atoms with Crippen LogP contribution in [0, 0.1) is 6.92 Å². The number of aromatic amines is 1. The Morgan fingerprint density at radius 2 is 2.47 bits per heavy atom. The number of hydrogen-bond donors (Lipinski definition) is 2. The Labute approximate surface area is 84.9 Å². The predicted molar refractivity (Wildman–Crippen MR) is 50.2 cm³/mol. The molecule has 0 bridgehead atoms. The summed E-state index contributed by atoms with van der Waals surface area (Å²) in [5.74, 6) is -0.896. The summed E-state index contributed by atoms with van der Waals surface area (Å²) >= 11 is 0. The monoisotopic (exact) mass is 207 g/mol. The summed E-state index contributed by atoms with van der Waals surface area (Å²) in [6.45, 7) is 1.80. The first kappa shape index (κ1) is 9.45. The normalized spacial score (nSPS) is 10.5. The molecule has 0 saturated carbocycles. The van der Waals surface area contributed by atoms with Gasteiger partial charge >= 0.3 is 5.97 Å². The first-order chi connectivity index (χ1) is 7.16. The van der Waals surface area contributed by atoms with Gasteiger partial charge in [-0.1, -0.05) is 5.16 Å². The number of hydrogen-bond acceptors (Lipinski definition) is 4. The van der Waals surface area contributed by atoms with E-state index in [1.54, 1.807) is 13.0 Å². The summed E-state index contributed by atoms with van der Waals surface area (Å²) in [6.07, 6.45) is 1.41. The van der Waals surface area contributed by atoms with Crippen molar-refractivity contribution in [2.24, 2.45) is 0 Å². The molecule has 0 saturated heterocycles. The fraction of sp³-hybridized carbons (Fsp3) is 0.222. The first-order valence-electron chi connectivity index (χ1n) is 4.34. The largest absolute Gasteiger partial charge is 0.481 e. The van der Waals surface area contributed by atoms with Crippen LogP contribution < -0.4 is 0 Å². The summed E-state index contributed by atoms with van der Waals surface area (Å²) < 4.78 is 4.77. The van der Waals surface area contributed by atoms with Gasteiger partial charge in [0.05, 0.1) is 23.4 Å². The zero-order chi connectivity index (χ0) is 10.8. The van der Waals surface area contributed by atoms with Crippen LogP contribution in [-0.2, 0) is 11.2 Å². The molecule has 0 fully saturated rings. The van der Waals surface area contributed by atoms with E-state index in [-0.39, 0.29) is 6.42 Å². The van der Waals surface area contributed by atoms with Crippen LogP contribution in [0.15, 0.2) is 16.9 Å². The Hall–Kier alpha value is -2.11. The first-order valence-corrected chi connectivity index (χ1v) is 4.34. The van der Waals surface area contributed by atoms with Gasteiger partial charge in [-0.05, 0) is 13.0 Å². The molecule has 2 aromatic rings. The average Bonchev–Trinajstić information content (AvgIpc) is 2.72. The highest BCUT2D eigenvalue weighted by Crippen LogP contribution is 2.20. The van der Waals surface area contributed by atoms with E-state index in [1.165, 1.54) is 6.26 Å². The van der Waals surface area contributed by atoms with Crippen LogP contribution >= 0.6 is 0 Å². The van der Waals surface area contributed by atoms with E-state index in [9.17, 15) is 4.79 Å². The molecule has 0 aromatic carbocycles. The molecule has 2 aromatic heterocycles. The van der Waals surface area contributed by atoms with E-state index in [2.05, 4.69) is 15.4 Å². The molecule has 2 rings (SSSR count). The topological polar surface area (TPSA) is 92.0 Å². The third-order valence-corrected chi connectivity index (χ3v) is 2.00. The van der Waals surface area contributed by atoms with Gasteiger partial charge in [-0.25, -0.2) is 0 Å². The molecular weight excluding hydrogens is 198 g/mol. The van der Waals surface area contributed by atoms with Crippen LogP contribution in [0.1, 0.15) is 11.4 Å². The molecule has 0 aliphatic heterocycles. The van der Waals surface area contributed by atoms with Crippen LogP contribution in [0.5, 0.6) is 0 Å². The molecule has 0 atom stereocenters. The zero-order valence-electron chi connectivity index (χ0n) is 8.02. The maximum atomic E-state index is 10.5. The van der Waals surface area contributed by atoms with Gasteiger partial charge in [-0.2, -0.15) is 5.10 Å². The highest BCUT2D eigenvalue weighted by Gasteiger charge is 2.11. The van der Waals surface area contributed by atoms with E-state index in [4.69, 9.17) is 9.63 Å². The molecule has 0 radical (unpaired) electrons. The van der Waals surface area contributed by atoms with Crippen molar-refractivity contribution < 1.29 is 14.4 Å². The number of aliphatic carboxylic acids is 1. The smallest absolute Gasteiger partial charge is 0.309 e. The average molecular weight is 207 g/mol. The van der Waals surface area contributed by atoms with E-state index >= 15 is 0 Å². The quantitative estimate of drug-likeness (QED) is 0.783. The van der Waals surface area contributed by atoms with Gasteiger partial charge in [-0.15, -0.1) is 0 Å². The molecule has 15 heavy (non-hydrogen) atoms. The van der Waals surface area contributed by atoms with Crippen LogP contribution in [0.2, 0.25) is 0 Å². The Morgan fingerprint density at radius 3 is 3.07 bits per heavy atom. The Balaban J connectivity index is 2.28. The highest BCUT2D eigenvalue weighted by atomic mass is 16.5. The third kappa shape index (κ3) is 1.88. The van der Waals surface area contributed by atoms with Crippen LogP contribution in [0.4, 0.5) is 0 Å². The number of carboxylic acids is 1. The summed E-state index contributed by atoms with van der Waals surface area (Å²) in [7, 11) is 0. The van der Waals surface area contributed by atoms with Gasteiger partial charge < -0.3 is 9.63 Å². The Bertz CT molecular complexity index is 486. The van der Waals surface area contributed by atoms with Gasteiger partial charge in [0.1, 0.15) is 6.26 Å². The second-order valence-electron chi connectivity index (χ2n) is 3.16. The standard InChI is InChI=1S/C9H9N3O3/c1-5-7(4-15-12-5)8-2-6(10-11-8)3-9(13)14/h2,4H,3H2,1H3,(H,10,11)(H,13,14). The van der Waals surface area contributed by atoms with Crippen molar-refractivity contribution in [3.05, 3.63) is 23.7 Å². The number of rotatable bonds is 3. The minimum absolute atomic E-state index is 0.0721. The van der Waals surface area contributed by atoms with Crippen LogP contribution in [0.3, 0.4) is 0 Å². The molecule has 0 aliphatic rings. The number of H-pyrrole nitrogens is 1. The molecular formula is C9H9N3O3. The molecule has 0 unspecified atom stereocenters. The van der Waals surface area contributed by atoms with Crippen LogP contribution in [-0.4, -0.2) is 26.4 Å². The maximum absolute atomic E-state index is 10.5. The minimum Gasteiger partial charge on any atom is -0.481 e. The van der Waals surface area contributed by atoms with Crippen molar-refractivity contribution in [2.45, 2.75) is 13.3 Å². The molecule has 0 spiro atoms. The maximum Gasteiger partial charge on any atom is 0.309 e. The Morgan fingerprint density at radius 1 is 1.67 bits per heavy atom. The van der Waals surface area contributed by atoms with Crippen molar-refractivity contribution in [1.82, 2.24) is 15.4 Å².